The molecule has 1 N–H and O–H groups in total. The predicted octanol–water partition coefficient (Wildman–Crippen LogP) is 17.8. The van der Waals surface area contributed by atoms with E-state index in [1.165, 1.54) is 113 Å². The lowest BCUT2D eigenvalue weighted by molar-refractivity contribution is -0.129. The van der Waals surface area contributed by atoms with E-state index < -0.39 is 5.97 Å². The summed E-state index contributed by atoms with van der Waals surface area (Å²) in [5.74, 6) is 0.0738. The number of hydrogen-bond donors (Lipinski definition) is 1. The van der Waals surface area contributed by atoms with Crippen LogP contribution in [-0.4, -0.2) is 11.1 Å². The molecule has 0 bridgehead atoms. The molecule has 3 nitrogen and oxygen atoms in total. The van der Waals surface area contributed by atoms with Gasteiger partial charge in [-0.15, -0.1) is 0 Å². The summed E-state index contributed by atoms with van der Waals surface area (Å²) in [4.78, 5) is 13.1. The average molecular weight is 951 g/mol. The Morgan fingerprint density at radius 3 is 1.59 bits per heavy atom. The zero-order chi connectivity index (χ0) is 50.5. The van der Waals surface area contributed by atoms with Crippen LogP contribution in [0.4, 0.5) is 0 Å². The van der Waals surface area contributed by atoms with E-state index in [1.807, 2.05) is 12.1 Å². The van der Waals surface area contributed by atoms with Crippen molar-refractivity contribution in [1.29, 1.82) is 0 Å². The van der Waals surface area contributed by atoms with Gasteiger partial charge in [-0.25, -0.2) is 4.79 Å². The van der Waals surface area contributed by atoms with Gasteiger partial charge >= 0.3 is 5.97 Å². The van der Waals surface area contributed by atoms with Crippen LogP contribution < -0.4 is 4.74 Å². The van der Waals surface area contributed by atoms with E-state index >= 15 is 0 Å². The number of benzene rings is 7. The number of allylic oxidation sites excluding steroid dienone is 9. The number of ether oxygens (including phenoxy) is 1. The van der Waals surface area contributed by atoms with Crippen molar-refractivity contribution in [3.05, 3.63) is 231 Å². The van der Waals surface area contributed by atoms with Crippen LogP contribution in [0.25, 0.3) is 66.8 Å². The Morgan fingerprint density at radius 1 is 0.507 bits per heavy atom. The summed E-state index contributed by atoms with van der Waals surface area (Å²) in [6.45, 7) is 20.5. The molecule has 1 atom stereocenters. The molecule has 7 aromatic carbocycles. The highest BCUT2D eigenvalue weighted by molar-refractivity contribution is 5.91. The first-order chi connectivity index (χ1) is 34.9. The van der Waals surface area contributed by atoms with E-state index in [0.29, 0.717) is 11.7 Å². The van der Waals surface area contributed by atoms with Crippen LogP contribution in [0.1, 0.15) is 126 Å². The van der Waals surface area contributed by atoms with Gasteiger partial charge in [-0.2, -0.15) is 0 Å². The largest absolute Gasteiger partial charge is 0.512 e. The lowest BCUT2D eigenvalue weighted by Crippen LogP contribution is -2.25. The standard InChI is InChI=1S/C70H62O3/c1-40(71)30-66(72)73-49-32-47(45-22-28-56-54-26-20-43(36-62(54)69(6,7)64(56)38-45)41-18-24-52-50-14-10-12-16-58(50)67(2,3)60(52)34-41)31-48(33-49)46-23-29-57-55-27-21-44(37-63(55)70(8,9)65(57)39-46)42-19-25-53-51-15-11-13-17-59(51)68(4,5)61(53)35-42/h10-18,20-24,26-36,38-39,63,71H,19,25,37H2,1-9H3/b40-30-. The number of carbonyl (C=O) groups is 1. The third-order valence-electron chi connectivity index (χ3n) is 18.2. The van der Waals surface area contributed by atoms with E-state index in [9.17, 15) is 9.90 Å². The van der Waals surface area contributed by atoms with Gasteiger partial charge in [0.1, 0.15) is 5.75 Å². The van der Waals surface area contributed by atoms with Crippen molar-refractivity contribution in [3.63, 3.8) is 0 Å². The molecule has 0 amide bonds. The van der Waals surface area contributed by atoms with E-state index in [-0.39, 0.29) is 27.4 Å². The van der Waals surface area contributed by atoms with Crippen LogP contribution in [0, 0.1) is 5.92 Å². The van der Waals surface area contributed by atoms with Crippen LogP contribution in [0.15, 0.2) is 186 Å². The van der Waals surface area contributed by atoms with Gasteiger partial charge in [0.2, 0.25) is 0 Å². The molecule has 6 aliphatic carbocycles. The van der Waals surface area contributed by atoms with Crippen molar-refractivity contribution in [2.75, 3.05) is 0 Å². The molecule has 0 fully saturated rings. The zero-order valence-corrected chi connectivity index (χ0v) is 43.6. The molecule has 0 spiro atoms. The smallest absolute Gasteiger partial charge is 0.339 e. The SMILES string of the molecule is C/C(O)=C/C(=O)Oc1cc(-c2ccc3c(c2)C(C)(C)c2cc(-c4ccc5c(c4)C(C)(C)c4ccccc4-5)ccc2-3)cc(-c2ccc3c(c2)C(C)(C)C2CC(C4=CC5=C(CC4)c4ccccc4C5(C)C)=CC=C32)c1. The molecule has 0 saturated carbocycles. The fourth-order valence-electron chi connectivity index (χ4n) is 14.1. The van der Waals surface area contributed by atoms with Gasteiger partial charge in [0.25, 0.3) is 0 Å². The Balaban J connectivity index is 0.828. The number of aliphatic hydroxyl groups excluding tert-OH is 1. The Morgan fingerprint density at radius 2 is 1.00 bits per heavy atom. The van der Waals surface area contributed by atoms with Crippen LogP contribution in [0.5, 0.6) is 5.75 Å². The van der Waals surface area contributed by atoms with Crippen molar-refractivity contribution in [2.24, 2.45) is 5.92 Å². The zero-order valence-electron chi connectivity index (χ0n) is 43.6. The van der Waals surface area contributed by atoms with E-state index in [1.54, 1.807) is 0 Å². The Bertz CT molecular complexity index is 3770. The monoisotopic (exact) mass is 950 g/mol. The van der Waals surface area contributed by atoms with Gasteiger partial charge in [-0.05, 0) is 208 Å². The molecule has 0 saturated heterocycles. The van der Waals surface area contributed by atoms with Crippen LogP contribution in [-0.2, 0) is 26.5 Å². The Hall–Kier alpha value is -7.49. The van der Waals surface area contributed by atoms with Crippen molar-refractivity contribution in [2.45, 2.75) is 103 Å². The lowest BCUT2D eigenvalue weighted by atomic mass is 9.70. The van der Waals surface area contributed by atoms with E-state index in [4.69, 9.17) is 4.74 Å². The summed E-state index contributed by atoms with van der Waals surface area (Å²) in [5, 5.41) is 10.0. The first kappa shape index (κ1) is 45.4. The fourth-order valence-corrected chi connectivity index (χ4v) is 14.1. The quantitative estimate of drug-likeness (QED) is 0.0782. The maximum atomic E-state index is 13.1. The van der Waals surface area contributed by atoms with Crippen LogP contribution >= 0.6 is 0 Å². The summed E-state index contributed by atoms with van der Waals surface area (Å²) in [5.41, 5.74) is 29.6. The minimum atomic E-state index is -0.614. The number of aliphatic hydroxyl groups is 1. The summed E-state index contributed by atoms with van der Waals surface area (Å²) < 4.78 is 5.99. The molecular weight excluding hydrogens is 889 g/mol. The molecule has 0 radical (unpaired) electrons. The number of carbonyl (C=O) groups excluding carboxylic acids is 1. The number of esters is 1. The molecule has 13 rings (SSSR count). The first-order valence-corrected chi connectivity index (χ1v) is 26.3. The molecular formula is C70H62O3. The van der Waals surface area contributed by atoms with Gasteiger partial charge < -0.3 is 9.84 Å². The van der Waals surface area contributed by atoms with Crippen molar-refractivity contribution < 1.29 is 14.6 Å². The highest BCUT2D eigenvalue weighted by Gasteiger charge is 2.45. The minimum Gasteiger partial charge on any atom is -0.512 e. The van der Waals surface area contributed by atoms with Crippen molar-refractivity contribution >= 4 is 17.1 Å². The summed E-state index contributed by atoms with van der Waals surface area (Å²) in [6.07, 6.45) is 11.7. The summed E-state index contributed by atoms with van der Waals surface area (Å²) in [6, 6.07) is 51.8. The fraction of sp³-hybridized carbons (Fsp3) is 0.243. The molecule has 0 aromatic heterocycles. The molecule has 360 valence electrons. The molecule has 6 aliphatic rings. The Kier molecular flexibility index (Phi) is 9.79. The highest BCUT2D eigenvalue weighted by Crippen LogP contribution is 2.58. The molecule has 7 aromatic rings. The van der Waals surface area contributed by atoms with Crippen molar-refractivity contribution in [1.82, 2.24) is 0 Å². The second kappa shape index (κ2) is 15.8. The van der Waals surface area contributed by atoms with Gasteiger partial charge in [0.15, 0.2) is 0 Å². The normalized spacial score (nSPS) is 19.5. The van der Waals surface area contributed by atoms with Crippen LogP contribution in [0.3, 0.4) is 0 Å². The number of fused-ring (bicyclic) bond motifs is 11. The first-order valence-electron chi connectivity index (χ1n) is 26.3. The lowest BCUT2D eigenvalue weighted by Gasteiger charge is -2.33. The predicted molar refractivity (Wildman–Crippen MR) is 301 cm³/mol. The van der Waals surface area contributed by atoms with Gasteiger partial charge in [-0.3, -0.25) is 0 Å². The van der Waals surface area contributed by atoms with Gasteiger partial charge in [0.05, 0.1) is 11.8 Å². The van der Waals surface area contributed by atoms with Gasteiger partial charge in [0, 0.05) is 16.2 Å². The molecule has 1 unspecified atom stereocenters. The second-order valence-electron chi connectivity index (χ2n) is 23.8. The Labute approximate surface area is 431 Å². The highest BCUT2D eigenvalue weighted by atomic mass is 16.5. The summed E-state index contributed by atoms with van der Waals surface area (Å²) in [7, 11) is 0. The van der Waals surface area contributed by atoms with Crippen LogP contribution in [0.2, 0.25) is 0 Å². The van der Waals surface area contributed by atoms with E-state index in [2.05, 4.69) is 201 Å². The molecule has 0 heterocycles. The minimum absolute atomic E-state index is 0.000882. The molecule has 3 heteroatoms. The maximum absolute atomic E-state index is 13.1. The average Bonchev–Trinajstić information content (AvgIpc) is 3.95. The topological polar surface area (TPSA) is 46.5 Å². The third kappa shape index (κ3) is 6.80. The second-order valence-corrected chi connectivity index (χ2v) is 23.8. The molecule has 73 heavy (non-hydrogen) atoms. The van der Waals surface area contributed by atoms with Gasteiger partial charge in [-0.1, -0.05) is 171 Å². The maximum Gasteiger partial charge on any atom is 0.339 e. The third-order valence-corrected chi connectivity index (χ3v) is 18.2. The number of rotatable bonds is 6. The summed E-state index contributed by atoms with van der Waals surface area (Å²) >= 11 is 0. The van der Waals surface area contributed by atoms with Crippen molar-refractivity contribution in [3.8, 4) is 61.4 Å². The molecule has 0 aliphatic heterocycles. The van der Waals surface area contributed by atoms with E-state index in [0.717, 1.165) is 47.6 Å². The number of hydrogen-bond acceptors (Lipinski definition) is 3.